The molecule has 0 bridgehead atoms. The minimum Gasteiger partial charge on any atom is -0.496 e. The number of rotatable bonds is 6. The summed E-state index contributed by atoms with van der Waals surface area (Å²) < 4.78 is 33.9. The minimum absolute atomic E-state index is 0.118. The Hall–Kier alpha value is -1.93. The normalized spacial score (nSPS) is 14.3. The van der Waals surface area contributed by atoms with Crippen LogP contribution in [0.25, 0.3) is 10.1 Å². The molecule has 0 aliphatic carbocycles. The molecule has 0 saturated carbocycles. The van der Waals surface area contributed by atoms with Crippen LogP contribution in [-0.4, -0.2) is 27.2 Å². The molecule has 1 aromatic heterocycles. The predicted molar refractivity (Wildman–Crippen MR) is 104 cm³/mol. The lowest BCUT2D eigenvalue weighted by atomic mass is 10.1. The number of benzene rings is 2. The van der Waals surface area contributed by atoms with Crippen molar-refractivity contribution in [2.24, 2.45) is 0 Å². The molecule has 7 heteroatoms. The van der Waals surface area contributed by atoms with E-state index in [1.165, 1.54) is 24.5 Å². The van der Waals surface area contributed by atoms with Crippen molar-refractivity contribution in [2.75, 3.05) is 13.7 Å². The highest BCUT2D eigenvalue weighted by Crippen LogP contribution is 2.33. The molecule has 2 N–H and O–H groups in total. The largest absolute Gasteiger partial charge is 0.496 e. The Morgan fingerprint density at radius 1 is 1.19 bits per heavy atom. The van der Waals surface area contributed by atoms with Gasteiger partial charge in [0.1, 0.15) is 11.4 Å². The van der Waals surface area contributed by atoms with Crippen LogP contribution in [0.15, 0.2) is 53.4 Å². The second-order valence-electron chi connectivity index (χ2n) is 6.38. The van der Waals surface area contributed by atoms with Crippen molar-refractivity contribution < 1.29 is 18.3 Å². The van der Waals surface area contributed by atoms with Crippen LogP contribution >= 0.6 is 11.3 Å². The van der Waals surface area contributed by atoms with Crippen molar-refractivity contribution >= 4 is 31.4 Å². The Kier molecular flexibility index (Phi) is 5.07. The Labute approximate surface area is 157 Å². The van der Waals surface area contributed by atoms with Gasteiger partial charge in [0.25, 0.3) is 0 Å². The maximum absolute atomic E-state index is 12.6. The van der Waals surface area contributed by atoms with E-state index < -0.39 is 15.6 Å². The molecule has 5 nitrogen and oxygen atoms in total. The van der Waals surface area contributed by atoms with Crippen molar-refractivity contribution in [1.82, 2.24) is 4.72 Å². The van der Waals surface area contributed by atoms with Crippen LogP contribution in [0.3, 0.4) is 0 Å². The zero-order chi connectivity index (χ0) is 18.9. The van der Waals surface area contributed by atoms with Gasteiger partial charge in [-0.1, -0.05) is 18.2 Å². The highest BCUT2D eigenvalue weighted by atomic mass is 32.2. The van der Waals surface area contributed by atoms with E-state index in [2.05, 4.69) is 4.72 Å². The molecule has 2 aromatic carbocycles. The van der Waals surface area contributed by atoms with Crippen molar-refractivity contribution in [1.29, 1.82) is 0 Å². The smallest absolute Gasteiger partial charge is 0.240 e. The number of thiophene rings is 1. The number of sulfonamides is 1. The summed E-state index contributed by atoms with van der Waals surface area (Å²) in [6.07, 6.45) is 0. The van der Waals surface area contributed by atoms with Gasteiger partial charge in [0.2, 0.25) is 10.0 Å². The fourth-order valence-corrected chi connectivity index (χ4v) is 4.99. The van der Waals surface area contributed by atoms with Crippen molar-refractivity contribution in [3.63, 3.8) is 0 Å². The monoisotopic (exact) mass is 391 g/mol. The summed E-state index contributed by atoms with van der Waals surface area (Å²) in [5, 5.41) is 11.8. The quantitative estimate of drug-likeness (QED) is 0.675. The van der Waals surface area contributed by atoms with Gasteiger partial charge in [-0.2, -0.15) is 0 Å². The summed E-state index contributed by atoms with van der Waals surface area (Å²) in [7, 11) is -2.20. The maximum Gasteiger partial charge on any atom is 0.240 e. The number of nitrogens with one attached hydrogen (secondary N) is 1. The Morgan fingerprint density at radius 2 is 1.92 bits per heavy atom. The van der Waals surface area contributed by atoms with Gasteiger partial charge in [-0.05, 0) is 55.1 Å². The van der Waals surface area contributed by atoms with Gasteiger partial charge in [-0.15, -0.1) is 11.3 Å². The molecule has 0 fully saturated rings. The summed E-state index contributed by atoms with van der Waals surface area (Å²) in [4.78, 5) is 0.857. The van der Waals surface area contributed by atoms with E-state index in [0.717, 1.165) is 15.6 Å². The van der Waals surface area contributed by atoms with Gasteiger partial charge in [-0.3, -0.25) is 0 Å². The van der Waals surface area contributed by atoms with Crippen molar-refractivity contribution in [3.8, 4) is 5.75 Å². The van der Waals surface area contributed by atoms with Gasteiger partial charge in [0.15, 0.2) is 0 Å². The molecular formula is C19H21NO4S2. The molecule has 1 unspecified atom stereocenters. The molecule has 0 radical (unpaired) electrons. The van der Waals surface area contributed by atoms with E-state index in [0.29, 0.717) is 10.6 Å². The average molecular weight is 392 g/mol. The third-order valence-corrected chi connectivity index (χ3v) is 7.01. The summed E-state index contributed by atoms with van der Waals surface area (Å²) in [6, 6.07) is 14.4. The highest BCUT2D eigenvalue weighted by molar-refractivity contribution is 7.89. The molecule has 0 amide bonds. The van der Waals surface area contributed by atoms with Gasteiger partial charge < -0.3 is 9.84 Å². The van der Waals surface area contributed by atoms with Crippen LogP contribution in [0.5, 0.6) is 5.75 Å². The van der Waals surface area contributed by atoms with E-state index in [1.807, 2.05) is 30.3 Å². The van der Waals surface area contributed by atoms with E-state index >= 15 is 0 Å². The second kappa shape index (κ2) is 7.00. The zero-order valence-electron chi connectivity index (χ0n) is 14.8. The van der Waals surface area contributed by atoms with Crippen LogP contribution in [0.4, 0.5) is 0 Å². The predicted octanol–water partition coefficient (Wildman–Crippen LogP) is 3.40. The second-order valence-corrected chi connectivity index (χ2v) is 9.23. The number of fused-ring (bicyclic) bond motifs is 1. The van der Waals surface area contributed by atoms with E-state index in [4.69, 9.17) is 4.74 Å². The van der Waals surface area contributed by atoms with Crippen molar-refractivity contribution in [2.45, 2.75) is 24.3 Å². The summed E-state index contributed by atoms with van der Waals surface area (Å²) in [6.45, 7) is 3.28. The SMILES string of the molecule is COc1ccc(S(=O)(=O)NCC(C)(O)c2cc3ccccc3s2)cc1C. The molecular weight excluding hydrogens is 370 g/mol. The summed E-state index contributed by atoms with van der Waals surface area (Å²) >= 11 is 1.46. The molecule has 1 heterocycles. The number of ether oxygens (including phenoxy) is 1. The Bertz CT molecular complexity index is 1010. The lowest BCUT2D eigenvalue weighted by molar-refractivity contribution is 0.0666. The first-order valence-corrected chi connectivity index (χ1v) is 10.4. The molecule has 26 heavy (non-hydrogen) atoms. The number of hydrogen-bond donors (Lipinski definition) is 2. The zero-order valence-corrected chi connectivity index (χ0v) is 16.4. The minimum atomic E-state index is -3.74. The van der Waals surface area contributed by atoms with Gasteiger partial charge in [0.05, 0.1) is 12.0 Å². The van der Waals surface area contributed by atoms with Crippen molar-refractivity contribution in [3.05, 3.63) is 59.0 Å². The number of aliphatic hydroxyl groups is 1. The van der Waals surface area contributed by atoms with Crippen LogP contribution in [0.1, 0.15) is 17.4 Å². The lowest BCUT2D eigenvalue weighted by Gasteiger charge is -2.22. The van der Waals surface area contributed by atoms with Gasteiger partial charge >= 0.3 is 0 Å². The standard InChI is InChI=1S/C19H21NO4S2/c1-13-10-15(8-9-16(13)24-3)26(22,23)20-12-19(2,21)18-11-14-6-4-5-7-17(14)25-18/h4-11,20-21H,12H2,1-3H3. The van der Waals surface area contributed by atoms with E-state index in [-0.39, 0.29) is 11.4 Å². The first kappa shape index (κ1) is 18.8. The third-order valence-electron chi connectivity index (χ3n) is 4.24. The van der Waals surface area contributed by atoms with Gasteiger partial charge in [-0.25, -0.2) is 13.1 Å². The highest BCUT2D eigenvalue weighted by Gasteiger charge is 2.28. The fraction of sp³-hybridized carbons (Fsp3) is 0.263. The van der Waals surface area contributed by atoms with Crippen LogP contribution in [0, 0.1) is 6.92 Å². The van der Waals surface area contributed by atoms with E-state index in [1.54, 1.807) is 26.0 Å². The van der Waals surface area contributed by atoms with Gasteiger partial charge in [0, 0.05) is 16.1 Å². The lowest BCUT2D eigenvalue weighted by Crippen LogP contribution is -2.38. The topological polar surface area (TPSA) is 75.6 Å². The first-order valence-electron chi connectivity index (χ1n) is 8.09. The fourth-order valence-electron chi connectivity index (χ4n) is 2.67. The summed E-state index contributed by atoms with van der Waals surface area (Å²) in [5.74, 6) is 0.626. The average Bonchev–Trinajstić information content (AvgIpc) is 3.05. The Morgan fingerprint density at radius 3 is 2.58 bits per heavy atom. The molecule has 0 aliphatic rings. The molecule has 3 rings (SSSR count). The first-order chi connectivity index (χ1) is 12.2. The molecule has 0 saturated heterocycles. The van der Waals surface area contributed by atoms with Crippen LogP contribution < -0.4 is 9.46 Å². The number of methoxy groups -OCH3 is 1. The molecule has 1 atom stereocenters. The van der Waals surface area contributed by atoms with E-state index in [9.17, 15) is 13.5 Å². The van der Waals surface area contributed by atoms with Crippen LogP contribution in [-0.2, 0) is 15.6 Å². The third kappa shape index (κ3) is 3.76. The maximum atomic E-state index is 12.6. The molecule has 3 aromatic rings. The molecule has 138 valence electrons. The molecule has 0 aliphatic heterocycles. The molecule has 0 spiro atoms. The van der Waals surface area contributed by atoms with Crippen LogP contribution in [0.2, 0.25) is 0 Å². The summed E-state index contributed by atoms with van der Waals surface area (Å²) in [5.41, 5.74) is -0.579. The Balaban J connectivity index is 1.80. The number of hydrogen-bond acceptors (Lipinski definition) is 5. The number of aryl methyl sites for hydroxylation is 1.